The molecule has 150 valence electrons. The van der Waals surface area contributed by atoms with Crippen LogP contribution in [0.5, 0.6) is 11.5 Å². The number of amides is 2. The zero-order chi connectivity index (χ0) is 20.1. The Labute approximate surface area is 171 Å². The fraction of sp³-hybridized carbons (Fsp3) is 0.409. The van der Waals surface area contributed by atoms with Gasteiger partial charge in [0.2, 0.25) is 0 Å². The standard InChI is InChI=1S/C22H27ClN2O3/c1-4-19(15-7-5-8-16(23)13-15)24-22(26)25-12-6-9-20(25)18-11-10-17(27-2)14-21(18)28-3/h5,7-8,10-11,13-14,19-20H,4,6,9,12H2,1-3H3,(H,24,26). The van der Waals surface area contributed by atoms with E-state index in [9.17, 15) is 4.79 Å². The van der Waals surface area contributed by atoms with Gasteiger partial charge in [-0.05, 0) is 49.1 Å². The van der Waals surface area contributed by atoms with Gasteiger partial charge in [0.1, 0.15) is 11.5 Å². The number of halogens is 1. The number of rotatable bonds is 6. The zero-order valence-corrected chi connectivity index (χ0v) is 17.3. The smallest absolute Gasteiger partial charge is 0.318 e. The summed E-state index contributed by atoms with van der Waals surface area (Å²) in [5, 5.41) is 3.85. The van der Waals surface area contributed by atoms with Gasteiger partial charge < -0.3 is 19.7 Å². The van der Waals surface area contributed by atoms with Crippen molar-refractivity contribution in [1.29, 1.82) is 0 Å². The van der Waals surface area contributed by atoms with Crippen molar-refractivity contribution in [3.05, 3.63) is 58.6 Å². The van der Waals surface area contributed by atoms with Gasteiger partial charge in [0.05, 0.1) is 26.3 Å². The lowest BCUT2D eigenvalue weighted by atomic mass is 10.0. The third-order valence-electron chi connectivity index (χ3n) is 5.27. The topological polar surface area (TPSA) is 50.8 Å². The molecule has 0 radical (unpaired) electrons. The molecule has 2 aromatic rings. The van der Waals surface area contributed by atoms with Crippen molar-refractivity contribution in [3.63, 3.8) is 0 Å². The molecule has 1 heterocycles. The Balaban J connectivity index is 1.79. The predicted octanol–water partition coefficient (Wildman–Crippen LogP) is 5.36. The summed E-state index contributed by atoms with van der Waals surface area (Å²) in [5.74, 6) is 1.48. The highest BCUT2D eigenvalue weighted by atomic mass is 35.5. The molecule has 2 atom stereocenters. The van der Waals surface area contributed by atoms with E-state index in [1.165, 1.54) is 0 Å². The molecule has 0 spiro atoms. The molecule has 1 aliphatic heterocycles. The highest BCUT2D eigenvalue weighted by Gasteiger charge is 2.33. The van der Waals surface area contributed by atoms with Gasteiger partial charge in [-0.3, -0.25) is 0 Å². The van der Waals surface area contributed by atoms with Crippen LogP contribution in [0.1, 0.15) is 49.4 Å². The molecular weight excluding hydrogens is 376 g/mol. The summed E-state index contributed by atoms with van der Waals surface area (Å²) in [7, 11) is 3.27. The number of urea groups is 1. The van der Waals surface area contributed by atoms with Crippen LogP contribution in [-0.4, -0.2) is 31.7 Å². The van der Waals surface area contributed by atoms with Crippen LogP contribution in [0.25, 0.3) is 0 Å². The number of hydrogen-bond donors (Lipinski definition) is 1. The van der Waals surface area contributed by atoms with Crippen LogP contribution in [0.3, 0.4) is 0 Å². The molecule has 0 aromatic heterocycles. The van der Waals surface area contributed by atoms with Gasteiger partial charge in [-0.1, -0.05) is 30.7 Å². The SMILES string of the molecule is CCC(NC(=O)N1CCCC1c1ccc(OC)cc1OC)c1cccc(Cl)c1. The normalized spacial score (nSPS) is 17.3. The Kier molecular flexibility index (Phi) is 6.68. The number of carbonyl (C=O) groups excluding carboxylic acids is 1. The van der Waals surface area contributed by atoms with Crippen LogP contribution < -0.4 is 14.8 Å². The average molecular weight is 403 g/mol. The highest BCUT2D eigenvalue weighted by Crippen LogP contribution is 2.39. The second-order valence-corrected chi connectivity index (χ2v) is 7.36. The molecule has 1 fully saturated rings. The lowest BCUT2D eigenvalue weighted by Gasteiger charge is -2.29. The Bertz CT molecular complexity index is 827. The monoisotopic (exact) mass is 402 g/mol. The summed E-state index contributed by atoms with van der Waals surface area (Å²) < 4.78 is 10.9. The van der Waals surface area contributed by atoms with Crippen molar-refractivity contribution in [2.45, 2.75) is 38.3 Å². The molecule has 2 amide bonds. The second-order valence-electron chi connectivity index (χ2n) is 6.92. The van der Waals surface area contributed by atoms with E-state index in [0.717, 1.165) is 48.4 Å². The minimum atomic E-state index is -0.0785. The molecular formula is C22H27ClN2O3. The highest BCUT2D eigenvalue weighted by molar-refractivity contribution is 6.30. The molecule has 6 heteroatoms. The van der Waals surface area contributed by atoms with Crippen LogP contribution in [0.2, 0.25) is 5.02 Å². The Morgan fingerprint density at radius 1 is 1.25 bits per heavy atom. The Morgan fingerprint density at radius 3 is 2.75 bits per heavy atom. The summed E-state index contributed by atoms with van der Waals surface area (Å²) in [6, 6.07) is 13.3. The number of likely N-dealkylation sites (tertiary alicyclic amines) is 1. The minimum absolute atomic E-state index is 0.0160. The average Bonchev–Trinajstić information content (AvgIpc) is 3.21. The van der Waals surface area contributed by atoms with Crippen LogP contribution in [-0.2, 0) is 0 Å². The van der Waals surface area contributed by atoms with Crippen molar-refractivity contribution in [2.24, 2.45) is 0 Å². The summed E-state index contributed by atoms with van der Waals surface area (Å²) in [6.07, 6.45) is 2.65. The quantitative estimate of drug-likeness (QED) is 0.708. The van der Waals surface area contributed by atoms with E-state index < -0.39 is 0 Å². The number of methoxy groups -OCH3 is 2. The first kappa shape index (κ1) is 20.3. The second kappa shape index (κ2) is 9.20. The van der Waals surface area contributed by atoms with Crippen LogP contribution in [0.4, 0.5) is 4.79 Å². The van der Waals surface area contributed by atoms with Crippen LogP contribution in [0.15, 0.2) is 42.5 Å². The summed E-state index contributed by atoms with van der Waals surface area (Å²) >= 11 is 6.12. The van der Waals surface area contributed by atoms with Gasteiger partial charge in [0, 0.05) is 23.2 Å². The minimum Gasteiger partial charge on any atom is -0.497 e. The number of hydrogen-bond acceptors (Lipinski definition) is 3. The van der Waals surface area contributed by atoms with Gasteiger partial charge in [-0.15, -0.1) is 0 Å². The van der Waals surface area contributed by atoms with Gasteiger partial charge in [0.15, 0.2) is 0 Å². The molecule has 2 unspecified atom stereocenters. The van der Waals surface area contributed by atoms with Crippen molar-refractivity contribution < 1.29 is 14.3 Å². The molecule has 0 saturated carbocycles. The van der Waals surface area contributed by atoms with Crippen LogP contribution >= 0.6 is 11.6 Å². The van der Waals surface area contributed by atoms with Gasteiger partial charge in [0.25, 0.3) is 0 Å². The maximum atomic E-state index is 13.1. The number of nitrogens with zero attached hydrogens (tertiary/aromatic N) is 1. The van der Waals surface area contributed by atoms with Crippen LogP contribution in [0, 0.1) is 0 Å². The third kappa shape index (κ3) is 4.36. The fourth-order valence-corrected chi connectivity index (χ4v) is 4.00. The van der Waals surface area contributed by atoms with E-state index in [4.69, 9.17) is 21.1 Å². The molecule has 1 saturated heterocycles. The van der Waals surface area contributed by atoms with E-state index in [-0.39, 0.29) is 18.1 Å². The number of carbonyl (C=O) groups is 1. The molecule has 0 aliphatic carbocycles. The van der Waals surface area contributed by atoms with E-state index in [1.54, 1.807) is 14.2 Å². The van der Waals surface area contributed by atoms with Gasteiger partial charge >= 0.3 is 6.03 Å². The van der Waals surface area contributed by atoms with E-state index in [0.29, 0.717) is 5.02 Å². The number of benzene rings is 2. The lowest BCUT2D eigenvalue weighted by molar-refractivity contribution is 0.187. The first-order valence-electron chi connectivity index (χ1n) is 9.61. The van der Waals surface area contributed by atoms with E-state index >= 15 is 0 Å². The maximum Gasteiger partial charge on any atom is 0.318 e. The summed E-state index contributed by atoms with van der Waals surface area (Å²) in [4.78, 5) is 15.0. The Hall–Kier alpha value is -2.40. The number of ether oxygens (including phenoxy) is 2. The van der Waals surface area contributed by atoms with E-state index in [2.05, 4.69) is 12.2 Å². The lowest BCUT2D eigenvalue weighted by Crippen LogP contribution is -2.41. The summed E-state index contributed by atoms with van der Waals surface area (Å²) in [6.45, 7) is 2.78. The van der Waals surface area contributed by atoms with E-state index in [1.807, 2.05) is 47.4 Å². The summed E-state index contributed by atoms with van der Waals surface area (Å²) in [5.41, 5.74) is 2.02. The zero-order valence-electron chi connectivity index (χ0n) is 16.6. The van der Waals surface area contributed by atoms with Crippen molar-refractivity contribution in [1.82, 2.24) is 10.2 Å². The molecule has 2 aromatic carbocycles. The molecule has 3 rings (SSSR count). The Morgan fingerprint density at radius 2 is 2.07 bits per heavy atom. The van der Waals surface area contributed by atoms with Crippen molar-refractivity contribution in [3.8, 4) is 11.5 Å². The first-order valence-corrected chi connectivity index (χ1v) is 9.99. The predicted molar refractivity (Wildman–Crippen MR) is 111 cm³/mol. The third-order valence-corrected chi connectivity index (χ3v) is 5.51. The first-order chi connectivity index (χ1) is 13.6. The largest absolute Gasteiger partial charge is 0.497 e. The van der Waals surface area contributed by atoms with Crippen molar-refractivity contribution >= 4 is 17.6 Å². The molecule has 0 bridgehead atoms. The number of nitrogens with one attached hydrogen (secondary N) is 1. The fourth-order valence-electron chi connectivity index (χ4n) is 3.80. The van der Waals surface area contributed by atoms with Gasteiger partial charge in [-0.25, -0.2) is 4.79 Å². The van der Waals surface area contributed by atoms with Gasteiger partial charge in [-0.2, -0.15) is 0 Å². The molecule has 28 heavy (non-hydrogen) atoms. The molecule has 1 N–H and O–H groups in total. The molecule has 1 aliphatic rings. The molecule has 5 nitrogen and oxygen atoms in total. The van der Waals surface area contributed by atoms with Crippen molar-refractivity contribution in [2.75, 3.05) is 20.8 Å². The maximum absolute atomic E-state index is 13.1.